The van der Waals surface area contributed by atoms with Crippen LogP contribution >= 0.6 is 0 Å². The summed E-state index contributed by atoms with van der Waals surface area (Å²) in [5, 5.41) is 2.77. The summed E-state index contributed by atoms with van der Waals surface area (Å²) in [6.45, 7) is -1.60. The molecule has 0 aliphatic carbocycles. The van der Waals surface area contributed by atoms with Gasteiger partial charge in [-0.2, -0.15) is 13.2 Å². The monoisotopic (exact) mass is 302 g/mol. The predicted molar refractivity (Wildman–Crippen MR) is 66.3 cm³/mol. The molecule has 0 bridgehead atoms. The van der Waals surface area contributed by atoms with Crippen LogP contribution in [0.3, 0.4) is 0 Å². The van der Waals surface area contributed by atoms with Crippen LogP contribution < -0.4 is 10.1 Å². The van der Waals surface area contributed by atoms with E-state index in [1.807, 2.05) is 0 Å². The zero-order valence-corrected chi connectivity index (χ0v) is 10.8. The Balaban J connectivity index is 2.17. The molecular formula is C12H10F4N4O. The standard InChI is InChI=1S/C12H10F4N4O/c1-17-10-5-18-9(4-19-10)7-2-8(13)11(20-3-7)21-6-12(14,15)16/h2-5H,6H2,1H3,(H,17,19). The summed E-state index contributed by atoms with van der Waals surface area (Å²) in [6, 6.07) is 0.988. The van der Waals surface area contributed by atoms with E-state index >= 15 is 0 Å². The van der Waals surface area contributed by atoms with Crippen LogP contribution in [0.2, 0.25) is 0 Å². The Bertz CT molecular complexity index is 616. The SMILES string of the molecule is CNc1cnc(-c2cnc(OCC(F)(F)F)c(F)c2)cn1. The Morgan fingerprint density at radius 3 is 2.43 bits per heavy atom. The molecule has 0 aromatic carbocycles. The highest BCUT2D eigenvalue weighted by molar-refractivity contribution is 5.58. The lowest BCUT2D eigenvalue weighted by Crippen LogP contribution is -2.20. The smallest absolute Gasteiger partial charge is 0.422 e. The number of aromatic nitrogens is 3. The van der Waals surface area contributed by atoms with E-state index in [0.717, 1.165) is 12.3 Å². The largest absolute Gasteiger partial charge is 0.466 e. The summed E-state index contributed by atoms with van der Waals surface area (Å²) in [7, 11) is 1.66. The maximum atomic E-state index is 13.6. The van der Waals surface area contributed by atoms with E-state index in [1.54, 1.807) is 7.05 Å². The minimum atomic E-state index is -4.55. The van der Waals surface area contributed by atoms with Crippen molar-refractivity contribution in [2.75, 3.05) is 19.0 Å². The number of hydrogen-bond donors (Lipinski definition) is 1. The van der Waals surface area contributed by atoms with Crippen molar-refractivity contribution in [3.05, 3.63) is 30.5 Å². The molecule has 0 unspecified atom stereocenters. The molecule has 112 valence electrons. The van der Waals surface area contributed by atoms with Gasteiger partial charge in [0.2, 0.25) is 0 Å². The summed E-state index contributed by atoms with van der Waals surface area (Å²) >= 11 is 0. The molecule has 0 fully saturated rings. The van der Waals surface area contributed by atoms with Crippen molar-refractivity contribution in [2.24, 2.45) is 0 Å². The van der Waals surface area contributed by atoms with E-state index in [0.29, 0.717) is 11.5 Å². The molecule has 2 aromatic rings. The first-order chi connectivity index (χ1) is 9.89. The van der Waals surface area contributed by atoms with Crippen LogP contribution in [-0.4, -0.2) is 34.8 Å². The molecule has 0 aliphatic rings. The van der Waals surface area contributed by atoms with Gasteiger partial charge in [-0.05, 0) is 6.07 Å². The minimum Gasteiger partial charge on any atom is -0.466 e. The van der Waals surface area contributed by atoms with Crippen molar-refractivity contribution in [3.63, 3.8) is 0 Å². The van der Waals surface area contributed by atoms with Gasteiger partial charge in [-0.3, -0.25) is 4.98 Å². The summed E-state index contributed by atoms with van der Waals surface area (Å²) in [4.78, 5) is 11.5. The van der Waals surface area contributed by atoms with Gasteiger partial charge in [-0.1, -0.05) is 0 Å². The third-order valence-corrected chi connectivity index (χ3v) is 2.38. The van der Waals surface area contributed by atoms with Crippen LogP contribution in [0.25, 0.3) is 11.3 Å². The van der Waals surface area contributed by atoms with Gasteiger partial charge in [-0.15, -0.1) is 0 Å². The third kappa shape index (κ3) is 4.01. The lowest BCUT2D eigenvalue weighted by Gasteiger charge is -2.09. The van der Waals surface area contributed by atoms with Crippen LogP contribution in [0, 0.1) is 5.82 Å². The second kappa shape index (κ2) is 5.90. The van der Waals surface area contributed by atoms with Crippen molar-refractivity contribution in [2.45, 2.75) is 6.18 Å². The lowest BCUT2D eigenvalue weighted by molar-refractivity contribution is -0.154. The molecule has 5 nitrogen and oxygen atoms in total. The van der Waals surface area contributed by atoms with Crippen LogP contribution in [0.4, 0.5) is 23.4 Å². The number of halogens is 4. The number of rotatable bonds is 4. The predicted octanol–water partition coefficient (Wildman–Crippen LogP) is 2.66. The van der Waals surface area contributed by atoms with Crippen LogP contribution in [0.15, 0.2) is 24.7 Å². The molecule has 0 amide bonds. The molecule has 0 radical (unpaired) electrons. The second-order valence-corrected chi connectivity index (χ2v) is 3.95. The molecule has 0 saturated heterocycles. The van der Waals surface area contributed by atoms with E-state index in [2.05, 4.69) is 25.0 Å². The highest BCUT2D eigenvalue weighted by Gasteiger charge is 2.29. The van der Waals surface area contributed by atoms with Gasteiger partial charge in [0, 0.05) is 18.8 Å². The summed E-state index contributed by atoms with van der Waals surface area (Å²) in [5.41, 5.74) is 0.616. The van der Waals surface area contributed by atoms with Crippen molar-refractivity contribution in [1.29, 1.82) is 0 Å². The van der Waals surface area contributed by atoms with Crippen LogP contribution in [-0.2, 0) is 0 Å². The number of alkyl halides is 3. The molecule has 2 aromatic heterocycles. The summed E-state index contributed by atoms with van der Waals surface area (Å²) in [5.74, 6) is -1.19. The Morgan fingerprint density at radius 2 is 1.90 bits per heavy atom. The summed E-state index contributed by atoms with van der Waals surface area (Å²) < 4.78 is 53.9. The van der Waals surface area contributed by atoms with Gasteiger partial charge in [0.25, 0.3) is 5.88 Å². The number of nitrogens with zero attached hydrogens (tertiary/aromatic N) is 3. The van der Waals surface area contributed by atoms with Crippen molar-refractivity contribution in [3.8, 4) is 17.1 Å². The van der Waals surface area contributed by atoms with Gasteiger partial charge in [0.15, 0.2) is 12.4 Å². The number of pyridine rings is 1. The fourth-order valence-electron chi connectivity index (χ4n) is 1.43. The molecule has 2 rings (SSSR count). The average Bonchev–Trinajstić information content (AvgIpc) is 2.45. The van der Waals surface area contributed by atoms with E-state index in [-0.39, 0.29) is 5.56 Å². The van der Waals surface area contributed by atoms with E-state index in [1.165, 1.54) is 12.4 Å². The fraction of sp³-hybridized carbons (Fsp3) is 0.250. The zero-order valence-electron chi connectivity index (χ0n) is 10.8. The molecule has 0 aliphatic heterocycles. The van der Waals surface area contributed by atoms with Gasteiger partial charge < -0.3 is 10.1 Å². The van der Waals surface area contributed by atoms with Crippen LogP contribution in [0.5, 0.6) is 5.88 Å². The molecule has 21 heavy (non-hydrogen) atoms. The first-order valence-corrected chi connectivity index (χ1v) is 5.74. The van der Waals surface area contributed by atoms with Crippen molar-refractivity contribution in [1.82, 2.24) is 15.0 Å². The minimum absolute atomic E-state index is 0.280. The average molecular weight is 302 g/mol. The number of anilines is 1. The number of ether oxygens (including phenoxy) is 1. The van der Waals surface area contributed by atoms with E-state index in [9.17, 15) is 17.6 Å². The van der Waals surface area contributed by atoms with E-state index < -0.39 is 24.5 Å². The second-order valence-electron chi connectivity index (χ2n) is 3.95. The van der Waals surface area contributed by atoms with Crippen LogP contribution in [0.1, 0.15) is 0 Å². The first kappa shape index (κ1) is 14.9. The normalized spacial score (nSPS) is 11.3. The maximum absolute atomic E-state index is 13.6. The van der Waals surface area contributed by atoms with E-state index in [4.69, 9.17) is 0 Å². The lowest BCUT2D eigenvalue weighted by atomic mass is 10.2. The third-order valence-electron chi connectivity index (χ3n) is 2.38. The fourth-order valence-corrected chi connectivity index (χ4v) is 1.43. The zero-order chi connectivity index (χ0) is 15.5. The Morgan fingerprint density at radius 1 is 1.14 bits per heavy atom. The Kier molecular flexibility index (Phi) is 4.20. The molecule has 1 N–H and O–H groups in total. The van der Waals surface area contributed by atoms with Gasteiger partial charge in [-0.25, -0.2) is 14.4 Å². The Hall–Kier alpha value is -2.45. The quantitative estimate of drug-likeness (QED) is 0.880. The molecular weight excluding hydrogens is 292 g/mol. The number of nitrogens with one attached hydrogen (secondary N) is 1. The van der Waals surface area contributed by atoms with Crippen molar-refractivity contribution >= 4 is 5.82 Å². The molecule has 0 atom stereocenters. The molecule has 0 saturated carbocycles. The molecule has 2 heterocycles. The molecule has 9 heteroatoms. The van der Waals surface area contributed by atoms with Gasteiger partial charge >= 0.3 is 6.18 Å². The first-order valence-electron chi connectivity index (χ1n) is 5.74. The highest BCUT2D eigenvalue weighted by Crippen LogP contribution is 2.23. The topological polar surface area (TPSA) is 59.9 Å². The number of hydrogen-bond acceptors (Lipinski definition) is 5. The van der Waals surface area contributed by atoms with Gasteiger partial charge in [0.1, 0.15) is 5.82 Å². The van der Waals surface area contributed by atoms with Gasteiger partial charge in [0.05, 0.1) is 18.1 Å². The molecule has 0 spiro atoms. The summed E-state index contributed by atoms with van der Waals surface area (Å²) in [6.07, 6.45) is -0.571. The highest BCUT2D eigenvalue weighted by atomic mass is 19.4. The Labute approximate surface area is 117 Å². The van der Waals surface area contributed by atoms with Crippen molar-refractivity contribution < 1.29 is 22.3 Å². The maximum Gasteiger partial charge on any atom is 0.422 e.